The molecule has 2 nitrogen and oxygen atoms in total. The van der Waals surface area contributed by atoms with Crippen molar-refractivity contribution in [1.29, 1.82) is 0 Å². The van der Waals surface area contributed by atoms with Gasteiger partial charge < -0.3 is 0 Å². The standard InChI is InChI=1S/C55H40N2/c1-54(2)47-31-17-27-42(51(47)45-32-36-20-10-11-21-37(36)33-48(45)54)39-24-12-13-26-41(39)49-34-50(57-53(56-49)35-18-6-4-7-19-35)44-29-16-28-43-40-25-14-15-30-46(40)55(3,52(43)44)38-22-8-5-9-23-38/h4-34H,1-3H3. The molecular weight excluding hydrogens is 689 g/mol. The Balaban J connectivity index is 1.16. The highest BCUT2D eigenvalue weighted by atomic mass is 14.9. The van der Waals surface area contributed by atoms with Crippen LogP contribution < -0.4 is 0 Å². The fourth-order valence-electron chi connectivity index (χ4n) is 9.97. The van der Waals surface area contributed by atoms with Crippen LogP contribution in [0, 0.1) is 0 Å². The molecule has 0 spiro atoms. The van der Waals surface area contributed by atoms with Gasteiger partial charge in [0.2, 0.25) is 0 Å². The maximum absolute atomic E-state index is 5.43. The van der Waals surface area contributed by atoms with E-state index in [1.54, 1.807) is 0 Å². The number of fused-ring (bicyclic) bond motifs is 7. The van der Waals surface area contributed by atoms with E-state index in [0.717, 1.165) is 33.6 Å². The van der Waals surface area contributed by atoms with Crippen molar-refractivity contribution in [3.05, 3.63) is 216 Å². The maximum atomic E-state index is 5.43. The van der Waals surface area contributed by atoms with E-state index in [1.807, 2.05) is 0 Å². The molecule has 270 valence electrons. The van der Waals surface area contributed by atoms with E-state index < -0.39 is 0 Å². The lowest BCUT2D eigenvalue weighted by molar-refractivity contribution is 0.661. The van der Waals surface area contributed by atoms with E-state index in [9.17, 15) is 0 Å². The Morgan fingerprint density at radius 2 is 0.912 bits per heavy atom. The van der Waals surface area contributed by atoms with Crippen LogP contribution in [-0.2, 0) is 10.8 Å². The lowest BCUT2D eigenvalue weighted by atomic mass is 9.72. The third kappa shape index (κ3) is 4.97. The molecule has 9 aromatic rings. The van der Waals surface area contributed by atoms with Crippen LogP contribution >= 0.6 is 0 Å². The zero-order chi connectivity index (χ0) is 38.3. The smallest absolute Gasteiger partial charge is 0.160 e. The van der Waals surface area contributed by atoms with Crippen LogP contribution in [-0.4, -0.2) is 9.97 Å². The molecule has 0 amide bonds. The lowest BCUT2D eigenvalue weighted by Gasteiger charge is -2.30. The minimum Gasteiger partial charge on any atom is -0.228 e. The molecule has 11 rings (SSSR count). The predicted molar refractivity (Wildman–Crippen MR) is 236 cm³/mol. The fraction of sp³-hybridized carbons (Fsp3) is 0.0909. The second kappa shape index (κ2) is 12.6. The van der Waals surface area contributed by atoms with Crippen molar-refractivity contribution in [3.8, 4) is 67.3 Å². The maximum Gasteiger partial charge on any atom is 0.160 e. The van der Waals surface area contributed by atoms with Gasteiger partial charge in [0, 0.05) is 27.5 Å². The van der Waals surface area contributed by atoms with Gasteiger partial charge in [-0.1, -0.05) is 184 Å². The summed E-state index contributed by atoms with van der Waals surface area (Å²) in [7, 11) is 0. The van der Waals surface area contributed by atoms with Crippen molar-refractivity contribution in [2.45, 2.75) is 31.6 Å². The van der Waals surface area contributed by atoms with Gasteiger partial charge in [-0.3, -0.25) is 0 Å². The van der Waals surface area contributed by atoms with E-state index in [1.165, 1.54) is 66.4 Å². The van der Waals surface area contributed by atoms with Crippen molar-refractivity contribution in [1.82, 2.24) is 9.97 Å². The number of hydrogen-bond acceptors (Lipinski definition) is 2. The first kappa shape index (κ1) is 33.4. The largest absolute Gasteiger partial charge is 0.228 e. The summed E-state index contributed by atoms with van der Waals surface area (Å²) in [5.41, 5.74) is 18.6. The molecule has 1 heterocycles. The molecule has 0 aliphatic heterocycles. The summed E-state index contributed by atoms with van der Waals surface area (Å²) in [6.45, 7) is 7.11. The van der Waals surface area contributed by atoms with Gasteiger partial charge in [0.15, 0.2) is 5.82 Å². The molecule has 2 aliphatic rings. The van der Waals surface area contributed by atoms with Crippen LogP contribution in [0.4, 0.5) is 0 Å². The molecule has 2 heteroatoms. The zero-order valence-electron chi connectivity index (χ0n) is 32.3. The van der Waals surface area contributed by atoms with E-state index in [-0.39, 0.29) is 10.8 Å². The van der Waals surface area contributed by atoms with Crippen LogP contribution in [0.2, 0.25) is 0 Å². The molecule has 0 bridgehead atoms. The molecule has 57 heavy (non-hydrogen) atoms. The van der Waals surface area contributed by atoms with Gasteiger partial charge in [-0.25, -0.2) is 9.97 Å². The zero-order valence-corrected chi connectivity index (χ0v) is 32.3. The van der Waals surface area contributed by atoms with Crippen LogP contribution in [0.1, 0.15) is 48.6 Å². The fourth-order valence-corrected chi connectivity index (χ4v) is 9.97. The number of benzene rings is 8. The summed E-state index contributed by atoms with van der Waals surface area (Å²) in [6, 6.07) is 68.4. The molecule has 8 aromatic carbocycles. The third-order valence-electron chi connectivity index (χ3n) is 12.8. The minimum atomic E-state index is -0.380. The Kier molecular flexibility index (Phi) is 7.37. The average Bonchev–Trinajstić information content (AvgIpc) is 3.67. The summed E-state index contributed by atoms with van der Waals surface area (Å²) < 4.78 is 0. The average molecular weight is 729 g/mol. The monoisotopic (exact) mass is 728 g/mol. The van der Waals surface area contributed by atoms with Crippen molar-refractivity contribution in [2.24, 2.45) is 0 Å². The molecule has 1 atom stereocenters. The summed E-state index contributed by atoms with van der Waals surface area (Å²) in [4.78, 5) is 10.8. The van der Waals surface area contributed by atoms with Gasteiger partial charge in [0.05, 0.1) is 11.4 Å². The topological polar surface area (TPSA) is 25.8 Å². The molecular formula is C55H40N2. The van der Waals surface area contributed by atoms with Crippen molar-refractivity contribution < 1.29 is 0 Å². The van der Waals surface area contributed by atoms with E-state index >= 15 is 0 Å². The Morgan fingerprint density at radius 3 is 1.68 bits per heavy atom. The molecule has 1 unspecified atom stereocenters. The summed E-state index contributed by atoms with van der Waals surface area (Å²) >= 11 is 0. The van der Waals surface area contributed by atoms with Gasteiger partial charge in [0.25, 0.3) is 0 Å². The number of rotatable bonds is 5. The van der Waals surface area contributed by atoms with Crippen LogP contribution in [0.15, 0.2) is 188 Å². The predicted octanol–water partition coefficient (Wildman–Crippen LogP) is 13.9. The van der Waals surface area contributed by atoms with E-state index in [4.69, 9.17) is 9.97 Å². The first-order chi connectivity index (χ1) is 27.9. The third-order valence-corrected chi connectivity index (χ3v) is 12.8. The van der Waals surface area contributed by atoms with Crippen molar-refractivity contribution in [3.63, 3.8) is 0 Å². The van der Waals surface area contributed by atoms with Crippen molar-refractivity contribution >= 4 is 10.8 Å². The molecule has 0 radical (unpaired) electrons. The minimum absolute atomic E-state index is 0.140. The highest BCUT2D eigenvalue weighted by Gasteiger charge is 2.43. The van der Waals surface area contributed by atoms with Gasteiger partial charge in [0.1, 0.15) is 0 Å². The first-order valence-electron chi connectivity index (χ1n) is 19.9. The summed E-state index contributed by atoms with van der Waals surface area (Å²) in [5.74, 6) is 0.712. The number of aromatic nitrogens is 2. The second-order valence-corrected chi connectivity index (χ2v) is 16.2. The highest BCUT2D eigenvalue weighted by molar-refractivity contribution is 6.01. The molecule has 0 N–H and O–H groups in total. The molecule has 2 aliphatic carbocycles. The Morgan fingerprint density at radius 1 is 0.368 bits per heavy atom. The van der Waals surface area contributed by atoms with Gasteiger partial charge in [-0.2, -0.15) is 0 Å². The molecule has 0 saturated heterocycles. The summed E-state index contributed by atoms with van der Waals surface area (Å²) in [5, 5.41) is 2.54. The van der Waals surface area contributed by atoms with Crippen LogP contribution in [0.5, 0.6) is 0 Å². The van der Waals surface area contributed by atoms with Gasteiger partial charge in [-0.15, -0.1) is 0 Å². The SMILES string of the molecule is CC1(C)c2cc3ccccc3cc2-c2c(-c3ccccc3-c3cc(-c4cccc5c4C(C)(c4ccccc4)c4ccccc4-5)nc(-c4ccccc4)n3)cccc21. The number of hydrogen-bond donors (Lipinski definition) is 0. The Labute approximate surface area is 334 Å². The van der Waals surface area contributed by atoms with Crippen LogP contribution in [0.25, 0.3) is 78.1 Å². The normalized spacial score (nSPS) is 15.8. The second-order valence-electron chi connectivity index (χ2n) is 16.2. The van der Waals surface area contributed by atoms with E-state index in [2.05, 4.69) is 209 Å². The molecule has 0 fully saturated rings. The first-order valence-corrected chi connectivity index (χ1v) is 19.9. The Hall–Kier alpha value is -6.90. The number of nitrogens with zero attached hydrogens (tertiary/aromatic N) is 2. The van der Waals surface area contributed by atoms with Crippen molar-refractivity contribution in [2.75, 3.05) is 0 Å². The Bertz CT molecular complexity index is 3050. The van der Waals surface area contributed by atoms with Gasteiger partial charge in [-0.05, 0) is 97.1 Å². The van der Waals surface area contributed by atoms with Gasteiger partial charge >= 0.3 is 0 Å². The summed E-state index contributed by atoms with van der Waals surface area (Å²) in [6.07, 6.45) is 0. The van der Waals surface area contributed by atoms with Crippen LogP contribution in [0.3, 0.4) is 0 Å². The molecule has 0 saturated carbocycles. The quantitative estimate of drug-likeness (QED) is 0.176. The lowest BCUT2D eigenvalue weighted by Crippen LogP contribution is -2.23. The highest BCUT2D eigenvalue weighted by Crippen LogP contribution is 2.56. The van der Waals surface area contributed by atoms with E-state index in [0.29, 0.717) is 5.82 Å². The molecule has 1 aromatic heterocycles.